The first kappa shape index (κ1) is 22.7. The van der Waals surface area contributed by atoms with E-state index in [4.69, 9.17) is 9.47 Å². The lowest BCUT2D eigenvalue weighted by Gasteiger charge is -2.34. The van der Waals surface area contributed by atoms with Gasteiger partial charge in [-0.2, -0.15) is 0 Å². The van der Waals surface area contributed by atoms with Gasteiger partial charge in [0.2, 0.25) is 0 Å². The van der Waals surface area contributed by atoms with Crippen molar-refractivity contribution >= 4 is 35.6 Å². The van der Waals surface area contributed by atoms with E-state index in [-0.39, 0.29) is 24.0 Å². The Kier molecular flexibility index (Phi) is 10.5. The Morgan fingerprint density at radius 1 is 1.12 bits per heavy atom. The number of aliphatic imine (C=N–C) groups is 1. The zero-order chi connectivity index (χ0) is 18.1. The summed E-state index contributed by atoms with van der Waals surface area (Å²) in [6.07, 6.45) is 3.22. The molecular weight excluding hydrogens is 443 g/mol. The highest BCUT2D eigenvalue weighted by Crippen LogP contribution is 2.30. The molecule has 2 rings (SSSR count). The smallest absolute Gasteiger partial charge is 0.191 e. The van der Waals surface area contributed by atoms with Gasteiger partial charge in [-0.25, -0.2) is 0 Å². The van der Waals surface area contributed by atoms with Crippen molar-refractivity contribution in [1.82, 2.24) is 10.6 Å². The van der Waals surface area contributed by atoms with Gasteiger partial charge >= 0.3 is 0 Å². The Hall–Kier alpha value is -1.38. The van der Waals surface area contributed by atoms with Crippen LogP contribution in [-0.4, -0.2) is 52.4 Å². The molecule has 1 fully saturated rings. The minimum Gasteiger partial charge on any atom is -0.497 e. The predicted octanol–water partition coefficient (Wildman–Crippen LogP) is 3.26. The SMILES string of the molecule is CCCN=C(NCC)NC1CCN(c2cc(OC)cc(OC)c2)CC1.I. The average molecular weight is 476 g/mol. The minimum absolute atomic E-state index is 0. The lowest BCUT2D eigenvalue weighted by molar-refractivity contribution is 0.393. The molecule has 0 aromatic heterocycles. The molecule has 0 aliphatic carbocycles. The van der Waals surface area contributed by atoms with Gasteiger partial charge in [0.1, 0.15) is 11.5 Å². The summed E-state index contributed by atoms with van der Waals surface area (Å²) in [6.45, 7) is 7.99. The second-order valence-electron chi connectivity index (χ2n) is 6.24. The number of benzene rings is 1. The Morgan fingerprint density at radius 3 is 2.23 bits per heavy atom. The molecule has 1 saturated heterocycles. The number of nitrogens with zero attached hydrogens (tertiary/aromatic N) is 2. The Labute approximate surface area is 174 Å². The first-order valence-corrected chi connectivity index (χ1v) is 9.23. The fourth-order valence-electron chi connectivity index (χ4n) is 2.99. The minimum atomic E-state index is 0. The lowest BCUT2D eigenvalue weighted by Crippen LogP contribution is -2.48. The molecule has 0 amide bonds. The fourth-order valence-corrected chi connectivity index (χ4v) is 2.99. The summed E-state index contributed by atoms with van der Waals surface area (Å²) in [4.78, 5) is 6.98. The normalized spacial score (nSPS) is 15.2. The van der Waals surface area contributed by atoms with Gasteiger partial charge in [0, 0.05) is 56.1 Å². The summed E-state index contributed by atoms with van der Waals surface area (Å²) < 4.78 is 10.8. The van der Waals surface area contributed by atoms with Crippen molar-refractivity contribution in [2.75, 3.05) is 45.3 Å². The number of ether oxygens (including phenoxy) is 2. The van der Waals surface area contributed by atoms with Gasteiger partial charge < -0.3 is 25.0 Å². The maximum atomic E-state index is 5.38. The first-order chi connectivity index (χ1) is 12.2. The van der Waals surface area contributed by atoms with Crippen LogP contribution in [0, 0.1) is 0 Å². The zero-order valence-corrected chi connectivity index (χ0v) is 18.7. The van der Waals surface area contributed by atoms with Gasteiger partial charge in [-0.1, -0.05) is 6.92 Å². The molecule has 1 aromatic carbocycles. The maximum absolute atomic E-state index is 5.38. The molecule has 1 aliphatic rings. The van der Waals surface area contributed by atoms with E-state index < -0.39 is 0 Å². The molecule has 2 N–H and O–H groups in total. The standard InChI is InChI=1S/C19H32N4O2.HI/c1-5-9-21-19(20-6-2)22-15-7-10-23(11-8-15)16-12-17(24-3)14-18(13-16)25-4;/h12-15H,5-11H2,1-4H3,(H2,20,21,22);1H. The highest BCUT2D eigenvalue weighted by molar-refractivity contribution is 14.0. The van der Waals surface area contributed by atoms with E-state index in [0.717, 1.165) is 68.6 Å². The number of hydrogen-bond acceptors (Lipinski definition) is 4. The second kappa shape index (κ2) is 12.1. The van der Waals surface area contributed by atoms with E-state index in [1.807, 2.05) is 6.07 Å². The van der Waals surface area contributed by atoms with Crippen LogP contribution in [0.2, 0.25) is 0 Å². The summed E-state index contributed by atoms with van der Waals surface area (Å²) in [7, 11) is 3.37. The number of nitrogens with one attached hydrogen (secondary N) is 2. The van der Waals surface area contributed by atoms with Crippen molar-refractivity contribution < 1.29 is 9.47 Å². The fraction of sp³-hybridized carbons (Fsp3) is 0.632. The third-order valence-electron chi connectivity index (χ3n) is 4.37. The molecule has 0 spiro atoms. The summed E-state index contributed by atoms with van der Waals surface area (Å²) in [6, 6.07) is 6.51. The number of piperidine rings is 1. The number of methoxy groups -OCH3 is 2. The van der Waals surface area contributed by atoms with Crippen molar-refractivity contribution in [3.8, 4) is 11.5 Å². The monoisotopic (exact) mass is 476 g/mol. The van der Waals surface area contributed by atoms with Crippen LogP contribution in [0.5, 0.6) is 11.5 Å². The molecular formula is C19H33IN4O2. The van der Waals surface area contributed by atoms with Crippen LogP contribution in [0.25, 0.3) is 0 Å². The lowest BCUT2D eigenvalue weighted by atomic mass is 10.0. The predicted molar refractivity (Wildman–Crippen MR) is 120 cm³/mol. The topological polar surface area (TPSA) is 58.1 Å². The van der Waals surface area contributed by atoms with Crippen molar-refractivity contribution in [2.24, 2.45) is 4.99 Å². The van der Waals surface area contributed by atoms with Crippen LogP contribution in [0.15, 0.2) is 23.2 Å². The number of hydrogen-bond donors (Lipinski definition) is 2. The Morgan fingerprint density at radius 2 is 1.73 bits per heavy atom. The number of rotatable bonds is 7. The van der Waals surface area contributed by atoms with Gasteiger partial charge in [0.25, 0.3) is 0 Å². The van der Waals surface area contributed by atoms with E-state index in [9.17, 15) is 0 Å². The van der Waals surface area contributed by atoms with Crippen molar-refractivity contribution in [3.05, 3.63) is 18.2 Å². The molecule has 148 valence electrons. The van der Waals surface area contributed by atoms with Crippen LogP contribution in [0.1, 0.15) is 33.1 Å². The third kappa shape index (κ3) is 6.74. The molecule has 26 heavy (non-hydrogen) atoms. The molecule has 0 saturated carbocycles. The summed E-state index contributed by atoms with van der Waals surface area (Å²) in [5, 5.41) is 6.90. The van der Waals surface area contributed by atoms with Crippen LogP contribution >= 0.6 is 24.0 Å². The van der Waals surface area contributed by atoms with Crippen LogP contribution in [0.3, 0.4) is 0 Å². The Balaban J connectivity index is 0.00000338. The van der Waals surface area contributed by atoms with E-state index in [0.29, 0.717) is 6.04 Å². The van der Waals surface area contributed by atoms with E-state index in [2.05, 4.69) is 46.5 Å². The third-order valence-corrected chi connectivity index (χ3v) is 4.37. The van der Waals surface area contributed by atoms with Crippen LogP contribution < -0.4 is 25.0 Å². The van der Waals surface area contributed by atoms with E-state index in [1.165, 1.54) is 0 Å². The van der Waals surface area contributed by atoms with Crippen molar-refractivity contribution in [2.45, 2.75) is 39.2 Å². The second-order valence-corrected chi connectivity index (χ2v) is 6.24. The highest BCUT2D eigenvalue weighted by atomic mass is 127. The number of guanidine groups is 1. The summed E-state index contributed by atoms with van der Waals surface area (Å²) >= 11 is 0. The molecule has 1 aromatic rings. The van der Waals surface area contributed by atoms with Crippen molar-refractivity contribution in [1.29, 1.82) is 0 Å². The number of anilines is 1. The quantitative estimate of drug-likeness (QED) is 0.360. The maximum Gasteiger partial charge on any atom is 0.191 e. The van der Waals surface area contributed by atoms with Gasteiger partial charge in [0.15, 0.2) is 5.96 Å². The van der Waals surface area contributed by atoms with Crippen molar-refractivity contribution in [3.63, 3.8) is 0 Å². The van der Waals surface area contributed by atoms with E-state index >= 15 is 0 Å². The largest absolute Gasteiger partial charge is 0.497 e. The Bertz CT molecular complexity index is 538. The molecule has 1 aliphatic heterocycles. The van der Waals surface area contributed by atoms with Gasteiger partial charge in [-0.05, 0) is 26.2 Å². The molecule has 6 nitrogen and oxygen atoms in total. The van der Waals surface area contributed by atoms with Gasteiger partial charge in [0.05, 0.1) is 14.2 Å². The average Bonchev–Trinajstić information content (AvgIpc) is 2.66. The van der Waals surface area contributed by atoms with Gasteiger partial charge in [-0.15, -0.1) is 24.0 Å². The molecule has 7 heteroatoms. The number of halogens is 1. The molecule has 0 unspecified atom stereocenters. The zero-order valence-electron chi connectivity index (χ0n) is 16.4. The highest BCUT2D eigenvalue weighted by Gasteiger charge is 2.21. The summed E-state index contributed by atoms with van der Waals surface area (Å²) in [5.41, 5.74) is 1.15. The van der Waals surface area contributed by atoms with E-state index in [1.54, 1.807) is 14.2 Å². The molecule has 1 heterocycles. The molecule has 0 bridgehead atoms. The van der Waals surface area contributed by atoms with Gasteiger partial charge in [-0.3, -0.25) is 4.99 Å². The molecule has 0 atom stereocenters. The molecule has 0 radical (unpaired) electrons. The summed E-state index contributed by atoms with van der Waals surface area (Å²) in [5.74, 6) is 2.59. The first-order valence-electron chi connectivity index (χ1n) is 9.23. The van der Waals surface area contributed by atoms with Crippen LogP contribution in [-0.2, 0) is 0 Å². The van der Waals surface area contributed by atoms with Crippen LogP contribution in [0.4, 0.5) is 5.69 Å².